The van der Waals surface area contributed by atoms with Crippen molar-refractivity contribution in [3.05, 3.63) is 34.3 Å². The van der Waals surface area contributed by atoms with Crippen molar-refractivity contribution in [2.45, 2.75) is 44.1 Å². The first-order valence-electron chi connectivity index (χ1n) is 6.76. The third-order valence-electron chi connectivity index (χ3n) is 3.73. The van der Waals surface area contributed by atoms with Crippen LogP contribution in [0.25, 0.3) is 0 Å². The molecule has 20 heavy (non-hydrogen) atoms. The van der Waals surface area contributed by atoms with Gasteiger partial charge in [-0.15, -0.1) is 0 Å². The third-order valence-corrected chi connectivity index (χ3v) is 4.26. The highest BCUT2D eigenvalue weighted by atomic mass is 79.9. The lowest BCUT2D eigenvalue weighted by Gasteiger charge is -2.28. The Morgan fingerprint density at radius 2 is 1.80 bits per heavy atom. The van der Waals surface area contributed by atoms with E-state index in [0.717, 1.165) is 35.7 Å². The number of amides is 1. The highest BCUT2D eigenvalue weighted by Gasteiger charge is 2.37. The third kappa shape index (κ3) is 4.07. The average molecular weight is 340 g/mol. The number of carbonyl (C=O) groups is 2. The predicted molar refractivity (Wildman–Crippen MR) is 79.4 cm³/mol. The van der Waals surface area contributed by atoms with E-state index in [1.807, 2.05) is 24.3 Å². The molecular weight excluding hydrogens is 322 g/mol. The van der Waals surface area contributed by atoms with Crippen LogP contribution in [0.1, 0.15) is 37.7 Å². The van der Waals surface area contributed by atoms with Crippen LogP contribution in [-0.2, 0) is 16.0 Å². The Kier molecular flexibility index (Phi) is 4.81. The highest BCUT2D eigenvalue weighted by molar-refractivity contribution is 9.10. The van der Waals surface area contributed by atoms with Gasteiger partial charge >= 0.3 is 5.97 Å². The summed E-state index contributed by atoms with van der Waals surface area (Å²) in [6.45, 7) is 0. The smallest absolute Gasteiger partial charge is 0.305 e. The van der Waals surface area contributed by atoms with Crippen LogP contribution in [-0.4, -0.2) is 22.5 Å². The molecule has 5 heteroatoms. The lowest BCUT2D eigenvalue weighted by Crippen LogP contribution is -2.48. The Labute approximate surface area is 126 Å². The summed E-state index contributed by atoms with van der Waals surface area (Å²) in [6.07, 6.45) is 3.77. The number of carbonyl (C=O) groups excluding carboxylic acids is 1. The maximum atomic E-state index is 12.1. The van der Waals surface area contributed by atoms with Gasteiger partial charge in [-0.1, -0.05) is 40.9 Å². The molecule has 0 radical (unpaired) electrons. The molecule has 0 heterocycles. The molecular formula is C15H18BrNO3. The second kappa shape index (κ2) is 6.39. The summed E-state index contributed by atoms with van der Waals surface area (Å²) >= 11 is 3.35. The fourth-order valence-corrected chi connectivity index (χ4v) is 3.08. The van der Waals surface area contributed by atoms with E-state index in [1.54, 1.807) is 0 Å². The van der Waals surface area contributed by atoms with Crippen LogP contribution in [0.5, 0.6) is 0 Å². The molecule has 1 fully saturated rings. The van der Waals surface area contributed by atoms with Gasteiger partial charge in [-0.05, 0) is 30.5 Å². The summed E-state index contributed by atoms with van der Waals surface area (Å²) in [5.74, 6) is -0.952. The van der Waals surface area contributed by atoms with Crippen molar-refractivity contribution in [3.8, 4) is 0 Å². The summed E-state index contributed by atoms with van der Waals surface area (Å²) < 4.78 is 0.972. The molecule has 2 N–H and O–H groups in total. The maximum Gasteiger partial charge on any atom is 0.305 e. The maximum absolute atomic E-state index is 12.1. The molecule has 0 saturated heterocycles. The van der Waals surface area contributed by atoms with Crippen LogP contribution in [0.3, 0.4) is 0 Å². The highest BCUT2D eigenvalue weighted by Crippen LogP contribution is 2.32. The van der Waals surface area contributed by atoms with Crippen LogP contribution in [0, 0.1) is 0 Å². The molecule has 1 aromatic rings. The van der Waals surface area contributed by atoms with Gasteiger partial charge in [-0.25, -0.2) is 0 Å². The van der Waals surface area contributed by atoms with Gasteiger partial charge in [0.05, 0.1) is 18.4 Å². The van der Waals surface area contributed by atoms with Crippen LogP contribution < -0.4 is 5.32 Å². The van der Waals surface area contributed by atoms with Crippen molar-refractivity contribution in [1.29, 1.82) is 0 Å². The van der Waals surface area contributed by atoms with Crippen molar-refractivity contribution in [3.63, 3.8) is 0 Å². The molecule has 0 atom stereocenters. The van der Waals surface area contributed by atoms with Crippen LogP contribution in [0.2, 0.25) is 0 Å². The minimum Gasteiger partial charge on any atom is -0.481 e. The molecule has 0 unspecified atom stereocenters. The number of carboxylic acids is 1. The van der Waals surface area contributed by atoms with Gasteiger partial charge in [0.2, 0.25) is 5.91 Å². The van der Waals surface area contributed by atoms with Crippen molar-refractivity contribution in [2.75, 3.05) is 0 Å². The normalized spacial score (nSPS) is 16.9. The number of carboxylic acid groups (broad SMARTS) is 1. The Morgan fingerprint density at radius 3 is 2.35 bits per heavy atom. The summed E-state index contributed by atoms with van der Waals surface area (Å²) in [7, 11) is 0. The number of hydrogen-bond acceptors (Lipinski definition) is 2. The summed E-state index contributed by atoms with van der Waals surface area (Å²) in [6, 6.07) is 7.57. The molecule has 4 nitrogen and oxygen atoms in total. The fourth-order valence-electron chi connectivity index (χ4n) is 2.81. The Balaban J connectivity index is 1.98. The molecule has 108 valence electrons. The second-order valence-corrected chi connectivity index (χ2v) is 6.33. The van der Waals surface area contributed by atoms with Gasteiger partial charge in [0.15, 0.2) is 0 Å². The molecule has 1 amide bonds. The standard InChI is InChI=1S/C15H18BrNO3/c16-12-5-3-11(4-6-12)9-13(18)17-15(10-14(19)20)7-1-2-8-15/h3-6H,1-2,7-10H2,(H,17,18)(H,19,20). The zero-order valence-corrected chi connectivity index (χ0v) is 12.8. The van der Waals surface area contributed by atoms with Gasteiger partial charge in [-0.3, -0.25) is 9.59 Å². The van der Waals surface area contributed by atoms with Crippen molar-refractivity contribution < 1.29 is 14.7 Å². The molecule has 1 aromatic carbocycles. The zero-order valence-electron chi connectivity index (χ0n) is 11.2. The summed E-state index contributed by atoms with van der Waals surface area (Å²) in [4.78, 5) is 23.1. The SMILES string of the molecule is O=C(O)CC1(NC(=O)Cc2ccc(Br)cc2)CCCC1. The van der Waals surface area contributed by atoms with E-state index < -0.39 is 11.5 Å². The van der Waals surface area contributed by atoms with E-state index in [2.05, 4.69) is 21.2 Å². The fraction of sp³-hybridized carbons (Fsp3) is 0.467. The number of nitrogens with one attached hydrogen (secondary N) is 1. The molecule has 1 saturated carbocycles. The Bertz CT molecular complexity index is 492. The quantitative estimate of drug-likeness (QED) is 0.866. The second-order valence-electron chi connectivity index (χ2n) is 5.41. The molecule has 0 aromatic heterocycles. The van der Waals surface area contributed by atoms with Gasteiger partial charge in [0.1, 0.15) is 0 Å². The molecule has 0 bridgehead atoms. The van der Waals surface area contributed by atoms with E-state index in [0.29, 0.717) is 0 Å². The van der Waals surface area contributed by atoms with Crippen molar-refractivity contribution in [2.24, 2.45) is 0 Å². The lowest BCUT2D eigenvalue weighted by atomic mass is 9.92. The number of hydrogen-bond donors (Lipinski definition) is 2. The number of aliphatic carboxylic acids is 1. The lowest BCUT2D eigenvalue weighted by molar-refractivity contribution is -0.139. The average Bonchev–Trinajstić information content (AvgIpc) is 2.79. The summed E-state index contributed by atoms with van der Waals surface area (Å²) in [5.41, 5.74) is 0.382. The minimum absolute atomic E-state index is 0.0130. The largest absolute Gasteiger partial charge is 0.481 e. The van der Waals surface area contributed by atoms with E-state index in [9.17, 15) is 9.59 Å². The minimum atomic E-state index is -0.851. The topological polar surface area (TPSA) is 66.4 Å². The first kappa shape index (κ1) is 15.0. The predicted octanol–water partition coefficient (Wildman–Crippen LogP) is 2.90. The Morgan fingerprint density at radius 1 is 1.20 bits per heavy atom. The number of halogens is 1. The number of benzene rings is 1. The Hall–Kier alpha value is -1.36. The van der Waals surface area contributed by atoms with Gasteiger partial charge in [0, 0.05) is 4.47 Å². The molecule has 1 aliphatic carbocycles. The van der Waals surface area contributed by atoms with E-state index >= 15 is 0 Å². The molecule has 1 aliphatic rings. The van der Waals surface area contributed by atoms with Crippen LogP contribution >= 0.6 is 15.9 Å². The number of rotatable bonds is 5. The van der Waals surface area contributed by atoms with Gasteiger partial charge in [0.25, 0.3) is 0 Å². The van der Waals surface area contributed by atoms with E-state index in [1.165, 1.54) is 0 Å². The monoisotopic (exact) mass is 339 g/mol. The van der Waals surface area contributed by atoms with E-state index in [-0.39, 0.29) is 18.7 Å². The first-order chi connectivity index (χ1) is 9.49. The summed E-state index contributed by atoms with van der Waals surface area (Å²) in [5, 5.41) is 12.0. The molecule has 0 aliphatic heterocycles. The van der Waals surface area contributed by atoms with Crippen molar-refractivity contribution >= 4 is 27.8 Å². The van der Waals surface area contributed by atoms with Gasteiger partial charge in [-0.2, -0.15) is 0 Å². The van der Waals surface area contributed by atoms with Crippen LogP contribution in [0.15, 0.2) is 28.7 Å². The van der Waals surface area contributed by atoms with Gasteiger partial charge < -0.3 is 10.4 Å². The van der Waals surface area contributed by atoms with Crippen molar-refractivity contribution in [1.82, 2.24) is 5.32 Å². The van der Waals surface area contributed by atoms with Crippen LogP contribution in [0.4, 0.5) is 0 Å². The molecule has 2 rings (SSSR count). The first-order valence-corrected chi connectivity index (χ1v) is 7.56. The zero-order chi connectivity index (χ0) is 14.6. The molecule has 0 spiro atoms. The van der Waals surface area contributed by atoms with E-state index in [4.69, 9.17) is 5.11 Å².